The Balaban J connectivity index is 3.07. The van der Waals surface area contributed by atoms with Gasteiger partial charge < -0.3 is 4.43 Å². The summed E-state index contributed by atoms with van der Waals surface area (Å²) in [6.07, 6.45) is 15.4. The van der Waals surface area contributed by atoms with Gasteiger partial charge in [-0.05, 0) is 26.4 Å². The molecule has 0 spiro atoms. The van der Waals surface area contributed by atoms with E-state index < -0.39 is 9.04 Å². The minimum atomic E-state index is -0.875. The van der Waals surface area contributed by atoms with E-state index in [9.17, 15) is 0 Å². The van der Waals surface area contributed by atoms with E-state index in [0.717, 1.165) is 6.42 Å². The lowest BCUT2D eigenvalue weighted by molar-refractivity contribution is 0.235. The summed E-state index contributed by atoms with van der Waals surface area (Å²) in [6, 6.07) is 0. The first-order chi connectivity index (χ1) is 8.66. The standard InChI is InChI=1S/C16H35OSi/c1-5-6-7-8-9-10-11-12-13-14-15-16(2)17-18(3)4/h16,18H,2,5-15H2,1,3-4H3. The van der Waals surface area contributed by atoms with Crippen LogP contribution in [0.2, 0.25) is 13.1 Å². The van der Waals surface area contributed by atoms with E-state index in [1.165, 1.54) is 64.2 Å². The maximum atomic E-state index is 5.76. The molecule has 1 atom stereocenters. The van der Waals surface area contributed by atoms with Crippen molar-refractivity contribution in [3.63, 3.8) is 0 Å². The summed E-state index contributed by atoms with van der Waals surface area (Å²) in [6.45, 7) is 10.8. The zero-order valence-corrected chi connectivity index (χ0v) is 14.2. The number of rotatable bonds is 13. The van der Waals surface area contributed by atoms with Gasteiger partial charge in [0.15, 0.2) is 9.04 Å². The largest absolute Gasteiger partial charge is 0.418 e. The van der Waals surface area contributed by atoms with Gasteiger partial charge in [0.2, 0.25) is 0 Å². The lowest BCUT2D eigenvalue weighted by atomic mass is 10.1. The molecule has 1 radical (unpaired) electrons. The van der Waals surface area contributed by atoms with Crippen molar-refractivity contribution < 1.29 is 4.43 Å². The molecule has 0 aromatic rings. The quantitative estimate of drug-likeness (QED) is 0.317. The second-order valence-electron chi connectivity index (χ2n) is 5.78. The highest BCUT2D eigenvalue weighted by molar-refractivity contribution is 6.48. The van der Waals surface area contributed by atoms with Gasteiger partial charge in [-0.25, -0.2) is 0 Å². The van der Waals surface area contributed by atoms with Crippen LogP contribution in [0.5, 0.6) is 0 Å². The topological polar surface area (TPSA) is 9.23 Å². The van der Waals surface area contributed by atoms with Gasteiger partial charge >= 0.3 is 0 Å². The lowest BCUT2D eigenvalue weighted by Gasteiger charge is -2.15. The van der Waals surface area contributed by atoms with Crippen LogP contribution in [0.1, 0.15) is 77.6 Å². The summed E-state index contributed by atoms with van der Waals surface area (Å²) in [7, 11) is -0.875. The van der Waals surface area contributed by atoms with Crippen molar-refractivity contribution in [1.82, 2.24) is 0 Å². The predicted octanol–water partition coefficient (Wildman–Crippen LogP) is 5.50. The summed E-state index contributed by atoms with van der Waals surface area (Å²) in [5.41, 5.74) is 0. The molecule has 2 heteroatoms. The highest BCUT2D eigenvalue weighted by Gasteiger charge is 2.04. The molecule has 0 saturated heterocycles. The highest BCUT2D eigenvalue weighted by Crippen LogP contribution is 2.12. The first-order valence-corrected chi connectivity index (χ1v) is 10.9. The van der Waals surface area contributed by atoms with Gasteiger partial charge in [0.05, 0.1) is 0 Å². The van der Waals surface area contributed by atoms with Crippen LogP contribution in [0.3, 0.4) is 0 Å². The Kier molecular flexibility index (Phi) is 13.7. The van der Waals surface area contributed by atoms with Crippen molar-refractivity contribution in [1.29, 1.82) is 0 Å². The number of hydrogen-bond donors (Lipinski definition) is 0. The second-order valence-corrected chi connectivity index (χ2v) is 8.15. The molecule has 18 heavy (non-hydrogen) atoms. The number of unbranched alkanes of at least 4 members (excludes halogenated alkanes) is 9. The molecule has 0 aliphatic carbocycles. The lowest BCUT2D eigenvalue weighted by Crippen LogP contribution is -2.17. The fourth-order valence-electron chi connectivity index (χ4n) is 2.31. The molecule has 1 nitrogen and oxygen atoms in total. The average Bonchev–Trinajstić information content (AvgIpc) is 2.30. The van der Waals surface area contributed by atoms with Gasteiger partial charge in [-0.1, -0.05) is 71.1 Å². The first-order valence-electron chi connectivity index (χ1n) is 8.15. The van der Waals surface area contributed by atoms with Gasteiger partial charge in [-0.2, -0.15) is 0 Å². The summed E-state index contributed by atoms with van der Waals surface area (Å²) < 4.78 is 5.76. The van der Waals surface area contributed by atoms with Crippen LogP contribution < -0.4 is 0 Å². The van der Waals surface area contributed by atoms with Crippen molar-refractivity contribution in [3.05, 3.63) is 6.92 Å². The third-order valence-electron chi connectivity index (χ3n) is 3.34. The van der Waals surface area contributed by atoms with Gasteiger partial charge in [0, 0.05) is 6.10 Å². The van der Waals surface area contributed by atoms with Crippen molar-refractivity contribution in [2.75, 3.05) is 0 Å². The smallest absolute Gasteiger partial charge is 0.171 e. The van der Waals surface area contributed by atoms with Crippen molar-refractivity contribution in [2.45, 2.75) is 96.8 Å². The van der Waals surface area contributed by atoms with Gasteiger partial charge in [0.25, 0.3) is 0 Å². The molecule has 0 aliphatic heterocycles. The molecular formula is C16H35OSi. The molecular weight excluding hydrogens is 236 g/mol. The molecule has 0 N–H and O–H groups in total. The zero-order chi connectivity index (χ0) is 13.6. The van der Waals surface area contributed by atoms with Gasteiger partial charge in [0.1, 0.15) is 0 Å². The van der Waals surface area contributed by atoms with E-state index >= 15 is 0 Å². The summed E-state index contributed by atoms with van der Waals surface area (Å²) in [4.78, 5) is 0. The normalized spacial score (nSPS) is 13.2. The average molecular weight is 272 g/mol. The zero-order valence-electron chi connectivity index (χ0n) is 13.0. The van der Waals surface area contributed by atoms with Crippen LogP contribution in [0.4, 0.5) is 0 Å². The minimum Gasteiger partial charge on any atom is -0.418 e. The molecule has 0 aliphatic rings. The molecule has 0 aromatic carbocycles. The van der Waals surface area contributed by atoms with Crippen LogP contribution in [-0.4, -0.2) is 15.1 Å². The molecule has 0 saturated carbocycles. The summed E-state index contributed by atoms with van der Waals surface area (Å²) in [5, 5.41) is 0. The van der Waals surface area contributed by atoms with E-state index in [0.29, 0.717) is 0 Å². The summed E-state index contributed by atoms with van der Waals surface area (Å²) >= 11 is 0. The van der Waals surface area contributed by atoms with E-state index in [1.807, 2.05) is 0 Å². The number of hydrogen-bond acceptors (Lipinski definition) is 1. The third-order valence-corrected chi connectivity index (χ3v) is 4.27. The van der Waals surface area contributed by atoms with Crippen LogP contribution in [-0.2, 0) is 4.43 Å². The second kappa shape index (κ2) is 13.6. The fraction of sp³-hybridized carbons (Fsp3) is 0.938. The Hall–Kier alpha value is 0.177. The van der Waals surface area contributed by atoms with Crippen LogP contribution in [0, 0.1) is 6.92 Å². The van der Waals surface area contributed by atoms with Gasteiger partial charge in [-0.3, -0.25) is 0 Å². The fourth-order valence-corrected chi connectivity index (χ4v) is 3.22. The minimum absolute atomic E-state index is 0.255. The maximum Gasteiger partial charge on any atom is 0.171 e. The maximum absolute atomic E-state index is 5.76. The molecule has 0 rings (SSSR count). The molecule has 109 valence electrons. The van der Waals surface area contributed by atoms with E-state index in [-0.39, 0.29) is 6.10 Å². The van der Waals surface area contributed by atoms with Crippen molar-refractivity contribution in [3.8, 4) is 0 Å². The van der Waals surface area contributed by atoms with Crippen LogP contribution in [0.25, 0.3) is 0 Å². The monoisotopic (exact) mass is 271 g/mol. The Morgan fingerprint density at radius 1 is 0.833 bits per heavy atom. The van der Waals surface area contributed by atoms with E-state index in [4.69, 9.17) is 4.43 Å². The third kappa shape index (κ3) is 14.2. The van der Waals surface area contributed by atoms with E-state index in [1.54, 1.807) is 0 Å². The van der Waals surface area contributed by atoms with Crippen LogP contribution in [0.15, 0.2) is 0 Å². The summed E-state index contributed by atoms with van der Waals surface area (Å²) in [5.74, 6) is 0. The van der Waals surface area contributed by atoms with Crippen LogP contribution >= 0.6 is 0 Å². The van der Waals surface area contributed by atoms with Gasteiger partial charge in [-0.15, -0.1) is 0 Å². The molecule has 0 heterocycles. The highest BCUT2D eigenvalue weighted by atomic mass is 28.3. The molecule has 0 aromatic heterocycles. The molecule has 1 unspecified atom stereocenters. The Morgan fingerprint density at radius 3 is 1.72 bits per heavy atom. The van der Waals surface area contributed by atoms with Crippen molar-refractivity contribution >= 4 is 9.04 Å². The van der Waals surface area contributed by atoms with Crippen molar-refractivity contribution in [2.24, 2.45) is 0 Å². The Morgan fingerprint density at radius 2 is 1.28 bits per heavy atom. The molecule has 0 bridgehead atoms. The van der Waals surface area contributed by atoms with E-state index in [2.05, 4.69) is 26.9 Å². The predicted molar refractivity (Wildman–Crippen MR) is 85.6 cm³/mol. The molecule has 0 amide bonds. The first kappa shape index (κ1) is 18.2. The molecule has 0 fully saturated rings. The Bertz CT molecular complexity index is 159. The Labute approximate surface area is 117 Å². The SMILES string of the molecule is [CH2]C(CCCCCCCCCCCC)O[SiH](C)C.